The molecule has 1 N–H and O–H groups in total. The average molecular weight is 615 g/mol. The van der Waals surface area contributed by atoms with Gasteiger partial charge in [-0.3, -0.25) is 9.80 Å². The third-order valence-corrected chi connectivity index (χ3v) is 8.04. The van der Waals surface area contributed by atoms with Gasteiger partial charge in [0.05, 0.1) is 29.3 Å². The van der Waals surface area contributed by atoms with Gasteiger partial charge in [-0.05, 0) is 53.6 Å². The molecule has 4 aromatic carbocycles. The van der Waals surface area contributed by atoms with Gasteiger partial charge in [-0.15, -0.1) is 0 Å². The fraction of sp³-hybridized carbons (Fsp3) is 0.257. The van der Waals surface area contributed by atoms with Crippen LogP contribution in [0.25, 0.3) is 22.4 Å². The highest BCUT2D eigenvalue weighted by atomic mass is 19.4. The van der Waals surface area contributed by atoms with Gasteiger partial charge in [0.1, 0.15) is 18.2 Å². The lowest BCUT2D eigenvalue weighted by atomic mass is 10.1. The van der Waals surface area contributed by atoms with Crippen molar-refractivity contribution < 1.29 is 27.4 Å². The van der Waals surface area contributed by atoms with Gasteiger partial charge >= 0.3 is 12.1 Å². The molecule has 1 aromatic heterocycles. The molecule has 1 fully saturated rings. The van der Waals surface area contributed by atoms with Gasteiger partial charge in [-0.1, -0.05) is 48.5 Å². The molecule has 0 aliphatic carbocycles. The summed E-state index contributed by atoms with van der Waals surface area (Å²) in [4.78, 5) is 24.4. The Morgan fingerprint density at radius 2 is 1.51 bits per heavy atom. The lowest BCUT2D eigenvalue weighted by molar-refractivity contribution is -0.137. The van der Waals surface area contributed by atoms with E-state index in [9.17, 15) is 18.0 Å². The first kappa shape index (κ1) is 30.4. The Morgan fingerprint density at radius 3 is 2.20 bits per heavy atom. The number of carbonyl (C=O) groups is 1. The second-order valence-corrected chi connectivity index (χ2v) is 11.1. The summed E-state index contributed by atoms with van der Waals surface area (Å²) in [7, 11) is 1.37. The van der Waals surface area contributed by atoms with Crippen LogP contribution in [0.4, 0.5) is 13.2 Å². The third-order valence-electron chi connectivity index (χ3n) is 8.04. The molecule has 0 saturated carbocycles. The topological polar surface area (TPSA) is 70.7 Å². The molecule has 0 unspecified atom stereocenters. The number of imidazole rings is 1. The number of fused-ring (bicyclic) bond motifs is 1. The molecule has 5 aromatic rings. The summed E-state index contributed by atoms with van der Waals surface area (Å²) in [6.07, 6.45) is -4.37. The number of aromatic nitrogens is 2. The van der Waals surface area contributed by atoms with Gasteiger partial charge in [0, 0.05) is 50.4 Å². The Kier molecular flexibility index (Phi) is 8.86. The molecule has 0 radical (unpaired) electrons. The zero-order valence-electron chi connectivity index (χ0n) is 24.8. The lowest BCUT2D eigenvalue weighted by Crippen LogP contribution is -2.45. The van der Waals surface area contributed by atoms with E-state index in [4.69, 9.17) is 9.47 Å². The number of hydrogen-bond acceptors (Lipinski definition) is 6. The van der Waals surface area contributed by atoms with Crippen LogP contribution in [0.5, 0.6) is 5.75 Å². The van der Waals surface area contributed by atoms with Crippen molar-refractivity contribution in [2.24, 2.45) is 0 Å². The van der Waals surface area contributed by atoms with Gasteiger partial charge in [0.25, 0.3) is 0 Å². The Morgan fingerprint density at radius 1 is 0.844 bits per heavy atom. The molecule has 6 rings (SSSR count). The van der Waals surface area contributed by atoms with E-state index in [1.165, 1.54) is 19.2 Å². The summed E-state index contributed by atoms with van der Waals surface area (Å²) < 4.78 is 49.7. The number of halogens is 3. The Hall–Kier alpha value is -4.67. The third kappa shape index (κ3) is 7.35. The van der Waals surface area contributed by atoms with Crippen LogP contribution in [0.2, 0.25) is 0 Å². The van der Waals surface area contributed by atoms with Crippen LogP contribution in [0, 0.1) is 0 Å². The molecular weight excluding hydrogens is 581 g/mol. The molecule has 0 amide bonds. The van der Waals surface area contributed by atoms with Crippen molar-refractivity contribution in [3.05, 3.63) is 119 Å². The van der Waals surface area contributed by atoms with Crippen molar-refractivity contribution in [2.45, 2.75) is 25.9 Å². The number of nitrogens with one attached hydrogen (secondary N) is 1. The van der Waals surface area contributed by atoms with Crippen LogP contribution in [0.3, 0.4) is 0 Å². The standard InChI is InChI=1S/C35H33F3N4O3/c1-44-34(43)27-9-6-24(7-10-27)23-45-32-5-3-2-4-28(32)22-42-18-16-41(17-19-42)21-25-8-15-30-31(20-25)40-33(39-30)26-11-13-29(14-12-26)35(36,37)38/h2-15,20H,16-19,21-23H2,1H3,(H,39,40). The van der Waals surface area contributed by atoms with E-state index in [0.717, 1.165) is 84.9 Å². The van der Waals surface area contributed by atoms with Gasteiger partial charge in [-0.2, -0.15) is 13.2 Å². The van der Waals surface area contributed by atoms with E-state index in [-0.39, 0.29) is 5.97 Å². The Bertz CT molecular complexity index is 1760. The quantitative estimate of drug-likeness (QED) is 0.182. The van der Waals surface area contributed by atoms with E-state index in [1.807, 2.05) is 42.5 Å². The van der Waals surface area contributed by atoms with Crippen molar-refractivity contribution in [2.75, 3.05) is 33.3 Å². The monoisotopic (exact) mass is 614 g/mol. The van der Waals surface area contributed by atoms with Crippen LogP contribution in [-0.4, -0.2) is 59.0 Å². The molecular formula is C35H33F3N4O3. The van der Waals surface area contributed by atoms with Crippen molar-refractivity contribution in [3.8, 4) is 17.1 Å². The first-order valence-electron chi connectivity index (χ1n) is 14.7. The number of piperazine rings is 1. The minimum atomic E-state index is -4.37. The molecule has 232 valence electrons. The van der Waals surface area contributed by atoms with Gasteiger partial charge in [0.15, 0.2) is 0 Å². The second kappa shape index (κ2) is 13.1. The van der Waals surface area contributed by atoms with Crippen LogP contribution in [0.1, 0.15) is 32.6 Å². The Labute approximate surface area is 259 Å². The number of ether oxygens (including phenoxy) is 2. The van der Waals surface area contributed by atoms with Crippen LogP contribution in [-0.2, 0) is 30.6 Å². The first-order valence-corrected chi connectivity index (χ1v) is 14.7. The fourth-order valence-corrected chi connectivity index (χ4v) is 5.50. The number of H-pyrrole nitrogens is 1. The van der Waals surface area contributed by atoms with E-state index in [2.05, 4.69) is 31.9 Å². The van der Waals surface area contributed by atoms with Crippen molar-refractivity contribution >= 4 is 17.0 Å². The van der Waals surface area contributed by atoms with E-state index < -0.39 is 11.7 Å². The normalized spacial score (nSPS) is 14.5. The highest BCUT2D eigenvalue weighted by Gasteiger charge is 2.30. The molecule has 2 heterocycles. The van der Waals surface area contributed by atoms with E-state index in [0.29, 0.717) is 23.6 Å². The first-order chi connectivity index (χ1) is 21.7. The molecule has 1 aliphatic rings. The number of benzene rings is 4. The zero-order valence-corrected chi connectivity index (χ0v) is 24.8. The summed E-state index contributed by atoms with van der Waals surface area (Å²) in [6.45, 7) is 5.67. The zero-order chi connectivity index (χ0) is 31.4. The van der Waals surface area contributed by atoms with Crippen LogP contribution < -0.4 is 4.74 Å². The molecule has 0 bridgehead atoms. The number of alkyl halides is 3. The maximum atomic E-state index is 12.9. The lowest BCUT2D eigenvalue weighted by Gasteiger charge is -2.35. The Balaban J connectivity index is 1.02. The number of carbonyl (C=O) groups excluding carboxylic acids is 1. The SMILES string of the molecule is COC(=O)c1ccc(COc2ccccc2CN2CCN(Cc3ccc4[nH]c(-c5ccc(C(F)(F)F)cc5)nc4c3)CC2)cc1. The van der Waals surface area contributed by atoms with Crippen molar-refractivity contribution in [1.82, 2.24) is 19.8 Å². The number of esters is 1. The number of nitrogens with zero attached hydrogens (tertiary/aromatic N) is 3. The molecule has 10 heteroatoms. The molecule has 0 spiro atoms. The fourth-order valence-electron chi connectivity index (χ4n) is 5.50. The molecule has 1 aliphatic heterocycles. The average Bonchev–Trinajstić information content (AvgIpc) is 3.48. The van der Waals surface area contributed by atoms with Crippen LogP contribution in [0.15, 0.2) is 91.0 Å². The van der Waals surface area contributed by atoms with Crippen molar-refractivity contribution in [1.29, 1.82) is 0 Å². The van der Waals surface area contributed by atoms with Gasteiger partial charge in [-0.25, -0.2) is 9.78 Å². The smallest absolute Gasteiger partial charge is 0.416 e. The number of hydrogen-bond donors (Lipinski definition) is 1. The highest BCUT2D eigenvalue weighted by Crippen LogP contribution is 2.31. The second-order valence-electron chi connectivity index (χ2n) is 11.1. The van der Waals surface area contributed by atoms with Gasteiger partial charge in [0.2, 0.25) is 0 Å². The van der Waals surface area contributed by atoms with Crippen LogP contribution >= 0.6 is 0 Å². The highest BCUT2D eigenvalue weighted by molar-refractivity contribution is 5.89. The molecule has 45 heavy (non-hydrogen) atoms. The summed E-state index contributed by atoms with van der Waals surface area (Å²) in [5.41, 5.74) is 5.31. The number of methoxy groups -OCH3 is 1. The number of rotatable bonds is 9. The largest absolute Gasteiger partial charge is 0.489 e. The maximum absolute atomic E-state index is 12.9. The number of aromatic amines is 1. The predicted octanol–water partition coefficient (Wildman–Crippen LogP) is 6.93. The maximum Gasteiger partial charge on any atom is 0.416 e. The molecule has 7 nitrogen and oxygen atoms in total. The number of para-hydroxylation sites is 1. The molecule has 1 saturated heterocycles. The van der Waals surface area contributed by atoms with Crippen molar-refractivity contribution in [3.63, 3.8) is 0 Å². The predicted molar refractivity (Wildman–Crippen MR) is 166 cm³/mol. The minimum Gasteiger partial charge on any atom is -0.489 e. The minimum absolute atomic E-state index is 0.361. The summed E-state index contributed by atoms with van der Waals surface area (Å²) >= 11 is 0. The van der Waals surface area contributed by atoms with Gasteiger partial charge < -0.3 is 14.5 Å². The summed E-state index contributed by atoms with van der Waals surface area (Å²) in [5.74, 6) is 1.03. The molecule has 0 atom stereocenters. The van der Waals surface area contributed by atoms with E-state index in [1.54, 1.807) is 12.1 Å². The summed E-state index contributed by atoms with van der Waals surface area (Å²) in [6, 6.07) is 26.4. The summed E-state index contributed by atoms with van der Waals surface area (Å²) in [5, 5.41) is 0. The van der Waals surface area contributed by atoms with E-state index >= 15 is 0 Å².